The first-order valence-electron chi connectivity index (χ1n) is 4.65. The molecule has 0 saturated carbocycles. The highest BCUT2D eigenvalue weighted by molar-refractivity contribution is 9.10. The Bertz CT molecular complexity index is 462. The highest BCUT2D eigenvalue weighted by Crippen LogP contribution is 2.05. The van der Waals surface area contributed by atoms with E-state index in [9.17, 15) is 13.2 Å². The van der Waals surface area contributed by atoms with Gasteiger partial charge in [0.1, 0.15) is 0 Å². The van der Waals surface area contributed by atoms with Crippen molar-refractivity contribution >= 4 is 32.4 Å². The van der Waals surface area contributed by atoms with Gasteiger partial charge in [-0.15, -0.1) is 0 Å². The van der Waals surface area contributed by atoms with Crippen molar-refractivity contribution in [3.8, 4) is 0 Å². The van der Waals surface area contributed by atoms with Crippen molar-refractivity contribution in [2.75, 3.05) is 0 Å². The molecular formula is C10H12BrNO4S. The van der Waals surface area contributed by atoms with E-state index in [1.807, 2.05) is 30.3 Å². The monoisotopic (exact) mass is 321 g/mol. The molecule has 0 bridgehead atoms. The van der Waals surface area contributed by atoms with E-state index in [0.29, 0.717) is 0 Å². The molecule has 1 aromatic rings. The normalized spacial score (nSPS) is 8.94. The second-order valence-corrected chi connectivity index (χ2v) is 4.65. The van der Waals surface area contributed by atoms with Gasteiger partial charge in [-0.25, -0.2) is 4.79 Å². The summed E-state index contributed by atoms with van der Waals surface area (Å²) < 4.78 is 23.0. The largest absolute Gasteiger partial charge is 0.349 e. The van der Waals surface area contributed by atoms with Crippen LogP contribution in [0.4, 0.5) is 0 Å². The maximum Gasteiger partial charge on any atom is 0.349 e. The lowest BCUT2D eigenvalue weighted by molar-refractivity contribution is -0.147. The van der Waals surface area contributed by atoms with Crippen LogP contribution in [0.2, 0.25) is 0 Å². The Morgan fingerprint density at radius 1 is 1.29 bits per heavy atom. The Kier molecular flexibility index (Phi) is 8.25. The SMILES string of the molecule is Brc1ccccc1.CC(C)C(=O)ON=S(=O)=O. The highest BCUT2D eigenvalue weighted by Gasteiger charge is 2.07. The van der Waals surface area contributed by atoms with E-state index in [2.05, 4.69) is 25.3 Å². The molecule has 0 aliphatic heterocycles. The van der Waals surface area contributed by atoms with Gasteiger partial charge in [0.15, 0.2) is 0 Å². The molecule has 0 fully saturated rings. The van der Waals surface area contributed by atoms with Crippen LogP contribution in [0.3, 0.4) is 0 Å². The maximum absolute atomic E-state index is 10.5. The summed E-state index contributed by atoms with van der Waals surface area (Å²) in [6.45, 7) is 3.15. The maximum atomic E-state index is 10.5. The number of halogens is 1. The van der Waals surface area contributed by atoms with Crippen LogP contribution in [0.5, 0.6) is 0 Å². The van der Waals surface area contributed by atoms with Crippen LogP contribution in [-0.4, -0.2) is 14.4 Å². The average Bonchev–Trinajstić information content (AvgIpc) is 2.27. The summed E-state index contributed by atoms with van der Waals surface area (Å²) in [7, 11) is -2.67. The summed E-state index contributed by atoms with van der Waals surface area (Å²) in [6.07, 6.45) is 0. The van der Waals surface area contributed by atoms with E-state index in [1.165, 1.54) is 0 Å². The van der Waals surface area contributed by atoms with Crippen LogP contribution >= 0.6 is 15.9 Å². The molecule has 7 heteroatoms. The van der Waals surface area contributed by atoms with Gasteiger partial charge in [0.25, 0.3) is 0 Å². The molecule has 0 unspecified atom stereocenters. The van der Waals surface area contributed by atoms with Crippen molar-refractivity contribution in [1.82, 2.24) is 0 Å². The third-order valence-corrected chi connectivity index (χ3v) is 2.12. The Labute approximate surface area is 110 Å². The molecule has 0 amide bonds. The second-order valence-electron chi connectivity index (χ2n) is 3.15. The molecule has 0 aliphatic carbocycles. The number of nitrogens with zero attached hydrogens (tertiary/aromatic N) is 1. The standard InChI is InChI=1S/C6H5Br.C4H7NO4S/c7-6-4-2-1-3-5-6;1-3(2)4(6)9-5-10(7)8/h1-5H;3H,1-2H3. The fraction of sp³-hybridized carbons (Fsp3) is 0.300. The molecule has 0 aromatic heterocycles. The minimum Gasteiger partial charge on any atom is -0.303 e. The topological polar surface area (TPSA) is 72.8 Å². The van der Waals surface area contributed by atoms with Crippen LogP contribution in [0.25, 0.3) is 0 Å². The minimum absolute atomic E-state index is 0.368. The second kappa shape index (κ2) is 8.89. The third kappa shape index (κ3) is 9.70. The molecule has 1 aromatic carbocycles. The van der Waals surface area contributed by atoms with Gasteiger partial charge in [-0.2, -0.15) is 8.42 Å². The number of hydrogen-bond acceptors (Lipinski definition) is 5. The molecule has 1 rings (SSSR count). The van der Waals surface area contributed by atoms with E-state index in [0.717, 1.165) is 4.47 Å². The van der Waals surface area contributed by atoms with Gasteiger partial charge < -0.3 is 4.84 Å². The van der Waals surface area contributed by atoms with Crippen molar-refractivity contribution in [2.45, 2.75) is 13.8 Å². The van der Waals surface area contributed by atoms with E-state index in [4.69, 9.17) is 0 Å². The third-order valence-electron chi connectivity index (χ3n) is 1.39. The molecule has 0 N–H and O–H groups in total. The summed E-state index contributed by atoms with van der Waals surface area (Å²) in [6, 6.07) is 9.97. The fourth-order valence-electron chi connectivity index (χ4n) is 0.587. The number of benzene rings is 1. The van der Waals surface area contributed by atoms with E-state index in [1.54, 1.807) is 13.8 Å². The van der Waals surface area contributed by atoms with Crippen molar-refractivity contribution in [3.05, 3.63) is 34.8 Å². The molecule has 0 aliphatic rings. The summed E-state index contributed by atoms with van der Waals surface area (Å²) in [5.41, 5.74) is 0. The van der Waals surface area contributed by atoms with Gasteiger partial charge in [0, 0.05) is 4.47 Å². The molecule has 94 valence electrons. The molecular weight excluding hydrogens is 310 g/mol. The fourth-order valence-corrected chi connectivity index (χ4v) is 1.03. The summed E-state index contributed by atoms with van der Waals surface area (Å²) in [5, 5.41) is 0. The average molecular weight is 322 g/mol. The predicted molar refractivity (Wildman–Crippen MR) is 66.4 cm³/mol. The van der Waals surface area contributed by atoms with Gasteiger partial charge in [-0.1, -0.05) is 48.0 Å². The van der Waals surface area contributed by atoms with Gasteiger partial charge >= 0.3 is 16.5 Å². The van der Waals surface area contributed by atoms with Crippen molar-refractivity contribution in [3.63, 3.8) is 0 Å². The van der Waals surface area contributed by atoms with E-state index >= 15 is 0 Å². The lowest BCUT2D eigenvalue weighted by atomic mass is 10.2. The van der Waals surface area contributed by atoms with Crippen molar-refractivity contribution < 1.29 is 18.0 Å². The first kappa shape index (κ1) is 15.8. The summed E-state index contributed by atoms with van der Waals surface area (Å²) in [4.78, 5) is 14.4. The Morgan fingerprint density at radius 2 is 1.82 bits per heavy atom. The molecule has 0 saturated heterocycles. The first-order chi connectivity index (χ1) is 7.93. The molecule has 0 spiro atoms. The molecule has 0 radical (unpaired) electrons. The van der Waals surface area contributed by atoms with Gasteiger partial charge in [-0.05, 0) is 12.1 Å². The Hall–Kier alpha value is -1.21. The first-order valence-corrected chi connectivity index (χ1v) is 6.47. The molecule has 17 heavy (non-hydrogen) atoms. The molecule has 0 atom stereocenters. The lowest BCUT2D eigenvalue weighted by Crippen LogP contribution is -2.07. The number of rotatable bonds is 2. The highest BCUT2D eigenvalue weighted by atomic mass is 79.9. The predicted octanol–water partition coefficient (Wildman–Crippen LogP) is 2.61. The molecule has 0 heterocycles. The van der Waals surface area contributed by atoms with Crippen LogP contribution in [-0.2, 0) is 20.1 Å². The Morgan fingerprint density at radius 3 is 2.12 bits per heavy atom. The smallest absolute Gasteiger partial charge is 0.303 e. The van der Waals surface area contributed by atoms with Crippen LogP contribution < -0.4 is 0 Å². The van der Waals surface area contributed by atoms with Crippen LogP contribution in [0, 0.1) is 5.92 Å². The van der Waals surface area contributed by atoms with E-state index in [-0.39, 0.29) is 5.92 Å². The van der Waals surface area contributed by atoms with Crippen molar-refractivity contribution in [1.29, 1.82) is 0 Å². The van der Waals surface area contributed by atoms with Crippen LogP contribution in [0.15, 0.2) is 39.3 Å². The zero-order valence-corrected chi connectivity index (χ0v) is 11.7. The van der Waals surface area contributed by atoms with Crippen molar-refractivity contribution in [2.24, 2.45) is 10.4 Å². The molecule has 5 nitrogen and oxygen atoms in total. The minimum atomic E-state index is -2.67. The summed E-state index contributed by atoms with van der Waals surface area (Å²) >= 11 is 3.31. The van der Waals surface area contributed by atoms with Gasteiger partial charge in [0.05, 0.1) is 10.4 Å². The zero-order valence-electron chi connectivity index (χ0n) is 9.33. The lowest BCUT2D eigenvalue weighted by Gasteiger charge is -1.95. The zero-order chi connectivity index (χ0) is 13.3. The number of carbonyl (C=O) groups excluding carboxylic acids is 1. The quantitative estimate of drug-likeness (QED) is 0.785. The van der Waals surface area contributed by atoms with Gasteiger partial charge in [0.2, 0.25) is 0 Å². The number of carbonyl (C=O) groups is 1. The summed E-state index contributed by atoms with van der Waals surface area (Å²) in [5.74, 6) is -1.03. The van der Waals surface area contributed by atoms with Gasteiger partial charge in [-0.3, -0.25) is 0 Å². The van der Waals surface area contributed by atoms with E-state index < -0.39 is 16.5 Å². The Balaban J connectivity index is 0.000000318. The number of hydrogen-bond donors (Lipinski definition) is 0. The van der Waals surface area contributed by atoms with Crippen LogP contribution in [0.1, 0.15) is 13.8 Å².